The summed E-state index contributed by atoms with van der Waals surface area (Å²) >= 11 is 0. The first-order valence-electron chi connectivity index (χ1n) is 7.09. The van der Waals surface area contributed by atoms with Gasteiger partial charge in [-0.25, -0.2) is 4.68 Å². The van der Waals surface area contributed by atoms with Crippen LogP contribution in [0.5, 0.6) is 17.6 Å². The van der Waals surface area contributed by atoms with E-state index in [2.05, 4.69) is 10.1 Å². The number of halogens is 6. The highest BCUT2D eigenvalue weighted by atomic mass is 19.4. The Morgan fingerprint density at radius 3 is 2.31 bits per heavy atom. The number of hydrogen-bond donors (Lipinski definition) is 0. The van der Waals surface area contributed by atoms with E-state index in [-0.39, 0.29) is 30.3 Å². The van der Waals surface area contributed by atoms with Crippen molar-refractivity contribution in [2.45, 2.75) is 19.3 Å². The normalized spacial score (nSPS) is 12.6. The third kappa shape index (κ3) is 5.67. The summed E-state index contributed by atoms with van der Waals surface area (Å²) in [6.07, 6.45) is -8.29. The molecule has 2 heterocycles. The largest absolute Gasteiger partial charge is 0.473 e. The third-order valence-electron chi connectivity index (χ3n) is 2.89. The van der Waals surface area contributed by atoms with E-state index >= 15 is 0 Å². The molecular weight excluding hydrogens is 368 g/mol. The quantitative estimate of drug-likeness (QED) is 0.568. The number of ether oxygens (including phenoxy) is 2. The van der Waals surface area contributed by atoms with Crippen molar-refractivity contribution in [3.05, 3.63) is 41.6 Å². The van der Waals surface area contributed by atoms with Crippen molar-refractivity contribution in [2.75, 3.05) is 6.61 Å². The molecule has 0 aromatic carbocycles. The molecule has 0 unspecified atom stereocenters. The second-order valence-electron chi connectivity index (χ2n) is 5.17. The Bertz CT molecular complexity index is 796. The molecule has 11 heteroatoms. The van der Waals surface area contributed by atoms with Gasteiger partial charge in [0.1, 0.15) is 6.61 Å². The number of alkyl halides is 6. The molecule has 0 atom stereocenters. The van der Waals surface area contributed by atoms with Crippen molar-refractivity contribution in [2.24, 2.45) is 7.05 Å². The Labute approximate surface area is 143 Å². The summed E-state index contributed by atoms with van der Waals surface area (Å²) in [5, 5.41) is 3.30. The van der Waals surface area contributed by atoms with Gasteiger partial charge in [0, 0.05) is 31.3 Å². The van der Waals surface area contributed by atoms with Crippen LogP contribution in [-0.2, 0) is 13.2 Å². The van der Waals surface area contributed by atoms with Crippen LogP contribution in [0.25, 0.3) is 0 Å². The summed E-state index contributed by atoms with van der Waals surface area (Å²) in [7, 11) is 1.26. The average Bonchev–Trinajstić information content (AvgIpc) is 2.83. The lowest BCUT2D eigenvalue weighted by Crippen LogP contribution is -2.06. The van der Waals surface area contributed by atoms with E-state index in [9.17, 15) is 26.3 Å². The topological polar surface area (TPSA) is 49.2 Å². The van der Waals surface area contributed by atoms with Gasteiger partial charge in [0.2, 0.25) is 17.6 Å². The van der Waals surface area contributed by atoms with Gasteiger partial charge in [0.25, 0.3) is 0 Å². The minimum atomic E-state index is -4.63. The molecule has 0 aliphatic carbocycles. The number of allylic oxidation sites excluding steroid dienone is 1. The molecular formula is C15H13F6N3O2. The van der Waals surface area contributed by atoms with Crippen LogP contribution in [0.2, 0.25) is 0 Å². The molecule has 0 saturated carbocycles. The maximum atomic E-state index is 12.7. The Hall–Kier alpha value is -2.72. The fourth-order valence-electron chi connectivity index (χ4n) is 1.84. The zero-order valence-electron chi connectivity index (χ0n) is 13.5. The van der Waals surface area contributed by atoms with Gasteiger partial charge in [-0.1, -0.05) is 0 Å². The Balaban J connectivity index is 2.12. The highest BCUT2D eigenvalue weighted by molar-refractivity contribution is 5.30. The smallest absolute Gasteiger partial charge is 0.435 e. The molecule has 26 heavy (non-hydrogen) atoms. The van der Waals surface area contributed by atoms with Gasteiger partial charge in [-0.3, -0.25) is 0 Å². The monoisotopic (exact) mass is 381 g/mol. The van der Waals surface area contributed by atoms with Crippen molar-refractivity contribution < 1.29 is 35.8 Å². The maximum absolute atomic E-state index is 12.7. The minimum Gasteiger partial charge on any atom is -0.473 e. The number of aryl methyl sites for hydroxylation is 2. The van der Waals surface area contributed by atoms with E-state index in [4.69, 9.17) is 9.47 Å². The molecule has 5 nitrogen and oxygen atoms in total. The Morgan fingerprint density at radius 2 is 1.73 bits per heavy atom. The Morgan fingerprint density at radius 1 is 1.08 bits per heavy atom. The van der Waals surface area contributed by atoms with Crippen LogP contribution < -0.4 is 9.47 Å². The summed E-state index contributed by atoms with van der Waals surface area (Å²) in [5.74, 6) is -0.333. The molecule has 2 rings (SSSR count). The molecule has 0 spiro atoms. The summed E-state index contributed by atoms with van der Waals surface area (Å²) in [6, 6.07) is 3.58. The minimum absolute atomic E-state index is 0.0223. The van der Waals surface area contributed by atoms with Crippen LogP contribution >= 0.6 is 0 Å². The number of pyridine rings is 1. The molecule has 0 aliphatic heterocycles. The molecule has 2 aromatic rings. The lowest BCUT2D eigenvalue weighted by molar-refractivity contribution is -0.141. The fraction of sp³-hybridized carbons (Fsp3) is 0.333. The second-order valence-corrected chi connectivity index (χ2v) is 5.17. The first-order chi connectivity index (χ1) is 11.9. The van der Waals surface area contributed by atoms with Gasteiger partial charge in [0.15, 0.2) is 5.69 Å². The van der Waals surface area contributed by atoms with Crippen LogP contribution in [0.1, 0.15) is 11.3 Å². The Kier molecular flexibility index (Phi) is 5.47. The van der Waals surface area contributed by atoms with Crippen molar-refractivity contribution in [1.29, 1.82) is 0 Å². The van der Waals surface area contributed by atoms with Crippen LogP contribution in [0.15, 0.2) is 30.4 Å². The molecule has 0 saturated heterocycles. The maximum Gasteiger partial charge on any atom is 0.435 e. The predicted octanol–water partition coefficient (Wildman–Crippen LogP) is 4.43. The van der Waals surface area contributed by atoms with Crippen LogP contribution in [0.3, 0.4) is 0 Å². The van der Waals surface area contributed by atoms with E-state index in [1.54, 1.807) is 6.92 Å². The number of rotatable bonds is 5. The molecule has 142 valence electrons. The zero-order valence-corrected chi connectivity index (χ0v) is 13.5. The summed E-state index contributed by atoms with van der Waals surface area (Å²) in [5.41, 5.74) is -0.542. The van der Waals surface area contributed by atoms with Gasteiger partial charge in [-0.15, -0.1) is 0 Å². The van der Waals surface area contributed by atoms with Crippen molar-refractivity contribution in [1.82, 2.24) is 14.8 Å². The molecule has 0 bridgehead atoms. The van der Waals surface area contributed by atoms with Crippen LogP contribution in [-0.4, -0.2) is 27.5 Å². The van der Waals surface area contributed by atoms with Gasteiger partial charge >= 0.3 is 12.4 Å². The highest BCUT2D eigenvalue weighted by Crippen LogP contribution is 2.32. The van der Waals surface area contributed by atoms with E-state index in [1.165, 1.54) is 19.2 Å². The second kappa shape index (κ2) is 7.26. The lowest BCUT2D eigenvalue weighted by Gasteiger charge is -2.08. The van der Waals surface area contributed by atoms with E-state index < -0.39 is 18.0 Å². The third-order valence-corrected chi connectivity index (χ3v) is 2.89. The van der Waals surface area contributed by atoms with E-state index in [1.807, 2.05) is 0 Å². The van der Waals surface area contributed by atoms with Crippen LogP contribution in [0, 0.1) is 6.92 Å². The molecule has 0 fully saturated rings. The van der Waals surface area contributed by atoms with Gasteiger partial charge in [0.05, 0.1) is 0 Å². The SMILES string of the molecule is Cc1cc(OCC=CC(F)(F)F)nc(Oc2cc(C(F)(F)F)nn2C)c1. The first kappa shape index (κ1) is 19.6. The molecule has 0 N–H and O–H groups in total. The fourth-order valence-corrected chi connectivity index (χ4v) is 1.84. The number of nitrogens with zero attached hydrogens (tertiary/aromatic N) is 3. The molecule has 0 amide bonds. The molecule has 0 aliphatic rings. The molecule has 0 radical (unpaired) electrons. The standard InChI is InChI=1S/C15H13F6N3O2/c1-9-6-11(25-5-3-4-14(16,17)18)22-12(7-9)26-13-8-10(15(19,20)21)23-24(13)2/h3-4,6-8H,5H2,1-2H3. The van der Waals surface area contributed by atoms with Gasteiger partial charge in [-0.05, 0) is 18.6 Å². The summed E-state index contributed by atoms with van der Waals surface area (Å²) < 4.78 is 85.2. The summed E-state index contributed by atoms with van der Waals surface area (Å²) in [6.45, 7) is 1.25. The van der Waals surface area contributed by atoms with Crippen molar-refractivity contribution in [3.63, 3.8) is 0 Å². The highest BCUT2D eigenvalue weighted by Gasteiger charge is 2.35. The predicted molar refractivity (Wildman–Crippen MR) is 77.9 cm³/mol. The average molecular weight is 381 g/mol. The van der Waals surface area contributed by atoms with Crippen LogP contribution in [0.4, 0.5) is 26.3 Å². The van der Waals surface area contributed by atoms with Gasteiger partial charge in [-0.2, -0.15) is 36.4 Å². The van der Waals surface area contributed by atoms with Crippen molar-refractivity contribution in [3.8, 4) is 17.6 Å². The number of aromatic nitrogens is 3. The van der Waals surface area contributed by atoms with Gasteiger partial charge < -0.3 is 9.47 Å². The first-order valence-corrected chi connectivity index (χ1v) is 7.09. The lowest BCUT2D eigenvalue weighted by atomic mass is 10.3. The zero-order chi connectivity index (χ0) is 19.5. The number of hydrogen-bond acceptors (Lipinski definition) is 4. The molecule has 2 aromatic heterocycles. The van der Waals surface area contributed by atoms with Crippen molar-refractivity contribution >= 4 is 0 Å². The van der Waals surface area contributed by atoms with E-state index in [0.29, 0.717) is 11.6 Å². The summed E-state index contributed by atoms with van der Waals surface area (Å²) in [4.78, 5) is 3.89. The van der Waals surface area contributed by atoms with E-state index in [0.717, 1.165) is 10.8 Å².